The van der Waals surface area contributed by atoms with E-state index < -0.39 is 11.4 Å². The van der Waals surface area contributed by atoms with Crippen molar-refractivity contribution in [1.82, 2.24) is 5.06 Å². The fourth-order valence-electron chi connectivity index (χ4n) is 1.10. The molecule has 14 heavy (non-hydrogen) atoms. The van der Waals surface area contributed by atoms with Gasteiger partial charge in [0.25, 0.3) is 0 Å². The molecule has 0 aliphatic carbocycles. The number of benzene rings is 1. The van der Waals surface area contributed by atoms with Crippen molar-refractivity contribution in [3.05, 3.63) is 35.9 Å². The summed E-state index contributed by atoms with van der Waals surface area (Å²) in [5, 5.41) is 1.29. The lowest BCUT2D eigenvalue weighted by Gasteiger charge is -2.24. The van der Waals surface area contributed by atoms with Gasteiger partial charge in [0.2, 0.25) is 0 Å². The molecule has 0 aliphatic heterocycles. The van der Waals surface area contributed by atoms with Crippen LogP contribution in [0.4, 0.5) is 0 Å². The minimum absolute atomic E-state index is 0.103. The first kappa shape index (κ1) is 11.3. The normalized spacial score (nSPS) is 15.4. The van der Waals surface area contributed by atoms with Crippen LogP contribution in [0.25, 0.3) is 0 Å². The molecule has 0 aliphatic rings. The van der Waals surface area contributed by atoms with Crippen molar-refractivity contribution in [1.29, 1.82) is 0 Å². The Bertz CT molecular complexity index is 304. The first-order chi connectivity index (χ1) is 6.61. The summed E-state index contributed by atoms with van der Waals surface area (Å²) in [6.45, 7) is 1.86. The van der Waals surface area contributed by atoms with Crippen LogP contribution in [-0.4, -0.2) is 20.9 Å². The number of hydrogen-bond acceptors (Lipinski definition) is 4. The molecule has 0 bridgehead atoms. The van der Waals surface area contributed by atoms with E-state index in [9.17, 15) is 8.76 Å². The molecule has 78 valence electrons. The largest absolute Gasteiger partial charge is 0.748 e. The van der Waals surface area contributed by atoms with E-state index in [1.807, 2.05) is 37.3 Å². The first-order valence-electron chi connectivity index (χ1n) is 4.16. The summed E-state index contributed by atoms with van der Waals surface area (Å²) in [6, 6.07) is 9.43. The van der Waals surface area contributed by atoms with E-state index in [1.165, 1.54) is 5.06 Å². The van der Waals surface area contributed by atoms with Crippen LogP contribution in [0, 0.1) is 0 Å². The molecule has 4 nitrogen and oxygen atoms in total. The summed E-state index contributed by atoms with van der Waals surface area (Å²) in [5.74, 6) is 0. The third-order valence-corrected chi connectivity index (χ3v) is 2.36. The molecule has 0 saturated heterocycles. The monoisotopic (exact) mass is 214 g/mol. The van der Waals surface area contributed by atoms with Crippen molar-refractivity contribution >= 4 is 11.4 Å². The third kappa shape index (κ3) is 3.19. The van der Waals surface area contributed by atoms with Crippen LogP contribution in [-0.2, 0) is 15.6 Å². The van der Waals surface area contributed by atoms with Crippen LogP contribution in [0.15, 0.2) is 30.3 Å². The highest BCUT2D eigenvalue weighted by atomic mass is 32.2. The molecule has 1 aromatic rings. The quantitative estimate of drug-likeness (QED) is 0.561. The number of hydroxylamine groups is 2. The topological polar surface area (TPSA) is 52.6 Å². The molecule has 1 unspecified atom stereocenters. The van der Waals surface area contributed by atoms with Gasteiger partial charge in [0.1, 0.15) is 11.4 Å². The van der Waals surface area contributed by atoms with Gasteiger partial charge < -0.3 is 4.55 Å². The molecule has 5 heteroatoms. The van der Waals surface area contributed by atoms with Gasteiger partial charge in [-0.25, -0.2) is 8.49 Å². The zero-order valence-corrected chi connectivity index (χ0v) is 8.86. The van der Waals surface area contributed by atoms with Gasteiger partial charge in [-0.2, -0.15) is 5.06 Å². The van der Waals surface area contributed by atoms with Gasteiger partial charge >= 0.3 is 0 Å². The average Bonchev–Trinajstić information content (AvgIpc) is 2.17. The number of rotatable bonds is 4. The lowest BCUT2D eigenvalue weighted by molar-refractivity contribution is -0.0616. The zero-order valence-electron chi connectivity index (χ0n) is 8.04. The Hall–Kier alpha value is -0.750. The molecule has 0 fully saturated rings. The van der Waals surface area contributed by atoms with Gasteiger partial charge in [-0.15, -0.1) is 0 Å². The van der Waals surface area contributed by atoms with Gasteiger partial charge in [0, 0.05) is 7.05 Å². The number of hydrogen-bond donors (Lipinski definition) is 0. The van der Waals surface area contributed by atoms with Crippen LogP contribution in [0.3, 0.4) is 0 Å². The standard InChI is InChI=1S/C9H13NO3S/c1-8(10(2)13-14(11)12)9-6-4-3-5-7-9/h3-8H,1-2H3,(H,11,12)/p-1/t8-/m0/s1. The summed E-state index contributed by atoms with van der Waals surface area (Å²) < 4.78 is 25.1. The van der Waals surface area contributed by atoms with E-state index in [-0.39, 0.29) is 6.04 Å². The average molecular weight is 214 g/mol. The summed E-state index contributed by atoms with van der Waals surface area (Å²) in [4.78, 5) is 0. The molecule has 0 spiro atoms. The zero-order chi connectivity index (χ0) is 10.6. The molecular formula is C9H12NO3S-. The van der Waals surface area contributed by atoms with E-state index >= 15 is 0 Å². The van der Waals surface area contributed by atoms with Crippen molar-refractivity contribution in [2.24, 2.45) is 0 Å². The summed E-state index contributed by atoms with van der Waals surface area (Å²) in [6.07, 6.45) is 0. The van der Waals surface area contributed by atoms with Crippen molar-refractivity contribution in [2.45, 2.75) is 13.0 Å². The van der Waals surface area contributed by atoms with Gasteiger partial charge in [-0.3, -0.25) is 0 Å². The van der Waals surface area contributed by atoms with Gasteiger partial charge in [-0.1, -0.05) is 30.3 Å². The molecular weight excluding hydrogens is 202 g/mol. The molecule has 0 saturated carbocycles. The predicted octanol–water partition coefficient (Wildman–Crippen LogP) is 1.41. The molecule has 1 rings (SSSR count). The lowest BCUT2D eigenvalue weighted by Crippen LogP contribution is -2.23. The number of nitrogens with zero attached hydrogens (tertiary/aromatic N) is 1. The predicted molar refractivity (Wildman–Crippen MR) is 52.6 cm³/mol. The molecule has 0 N–H and O–H groups in total. The summed E-state index contributed by atoms with van der Waals surface area (Å²) in [7, 11) is 1.58. The second-order valence-corrected chi connectivity index (χ2v) is 3.47. The summed E-state index contributed by atoms with van der Waals surface area (Å²) >= 11 is -2.51. The lowest BCUT2D eigenvalue weighted by atomic mass is 10.1. The Morgan fingerprint density at radius 1 is 1.43 bits per heavy atom. The maximum absolute atomic E-state index is 10.3. The van der Waals surface area contributed by atoms with E-state index in [0.29, 0.717) is 0 Å². The van der Waals surface area contributed by atoms with Crippen molar-refractivity contribution in [3.63, 3.8) is 0 Å². The van der Waals surface area contributed by atoms with Crippen LogP contribution in [0.5, 0.6) is 0 Å². The van der Waals surface area contributed by atoms with Gasteiger partial charge in [-0.05, 0) is 12.5 Å². The minimum Gasteiger partial charge on any atom is -0.748 e. The SMILES string of the molecule is C[C@@H](c1ccccc1)N(C)OS(=O)[O-]. The highest BCUT2D eigenvalue weighted by Gasteiger charge is 2.11. The molecule has 0 radical (unpaired) electrons. The molecule has 0 heterocycles. The maximum Gasteiger partial charge on any atom is 0.106 e. The molecule has 0 amide bonds. The Morgan fingerprint density at radius 2 is 2.00 bits per heavy atom. The van der Waals surface area contributed by atoms with Crippen molar-refractivity contribution in [2.75, 3.05) is 7.05 Å². The van der Waals surface area contributed by atoms with Crippen LogP contribution < -0.4 is 0 Å². The highest BCUT2D eigenvalue weighted by molar-refractivity contribution is 7.74. The third-order valence-electron chi connectivity index (χ3n) is 2.01. The minimum atomic E-state index is -2.51. The van der Waals surface area contributed by atoms with Gasteiger partial charge in [0.05, 0.1) is 6.04 Å². The van der Waals surface area contributed by atoms with Crippen molar-refractivity contribution in [3.8, 4) is 0 Å². The van der Waals surface area contributed by atoms with E-state index in [2.05, 4.69) is 4.28 Å². The second-order valence-electron chi connectivity index (χ2n) is 2.91. The fourth-order valence-corrected chi connectivity index (χ4v) is 1.42. The Kier molecular flexibility index (Phi) is 4.21. The Labute approximate surface area is 85.9 Å². The Balaban J connectivity index is 2.65. The van der Waals surface area contributed by atoms with E-state index in [0.717, 1.165) is 5.56 Å². The van der Waals surface area contributed by atoms with E-state index in [4.69, 9.17) is 0 Å². The molecule has 2 atom stereocenters. The van der Waals surface area contributed by atoms with Crippen molar-refractivity contribution < 1.29 is 13.0 Å². The fraction of sp³-hybridized carbons (Fsp3) is 0.333. The molecule has 1 aromatic carbocycles. The first-order valence-corrected chi connectivity index (χ1v) is 5.16. The summed E-state index contributed by atoms with van der Waals surface area (Å²) in [5.41, 5.74) is 1.00. The van der Waals surface area contributed by atoms with E-state index in [1.54, 1.807) is 7.05 Å². The highest BCUT2D eigenvalue weighted by Crippen LogP contribution is 2.18. The smallest absolute Gasteiger partial charge is 0.106 e. The Morgan fingerprint density at radius 3 is 2.50 bits per heavy atom. The van der Waals surface area contributed by atoms with Crippen LogP contribution in [0.2, 0.25) is 0 Å². The van der Waals surface area contributed by atoms with Gasteiger partial charge in [0.15, 0.2) is 0 Å². The maximum atomic E-state index is 10.3. The molecule has 0 aromatic heterocycles. The second kappa shape index (κ2) is 5.21. The van der Waals surface area contributed by atoms with Crippen LogP contribution >= 0.6 is 0 Å². The van der Waals surface area contributed by atoms with Crippen LogP contribution in [0.1, 0.15) is 18.5 Å².